The Hall–Kier alpha value is -2.46. The van der Waals surface area contributed by atoms with Gasteiger partial charge in [-0.1, -0.05) is 72.8 Å². The van der Waals surface area contributed by atoms with Crippen LogP contribution in [0.1, 0.15) is 33.4 Å². The molecule has 3 aromatic rings. The second kappa shape index (κ2) is 3.86. The smallest absolute Gasteiger partial charge is 0.0750 e. The molecular formula is C22H19N3. The molecule has 0 heterocycles. The molecule has 3 aromatic carbocycles. The molecular weight excluding hydrogens is 306 g/mol. The Kier molecular flexibility index (Phi) is 2.13. The largest absolute Gasteiger partial charge is 0.317 e. The van der Waals surface area contributed by atoms with E-state index in [4.69, 9.17) is 17.2 Å². The van der Waals surface area contributed by atoms with Crippen LogP contribution >= 0.6 is 0 Å². The molecule has 0 aromatic heterocycles. The van der Waals surface area contributed by atoms with E-state index in [0.29, 0.717) is 0 Å². The lowest BCUT2D eigenvalue weighted by Gasteiger charge is -2.36. The summed E-state index contributed by atoms with van der Waals surface area (Å²) >= 11 is 0. The van der Waals surface area contributed by atoms with Crippen LogP contribution in [0.4, 0.5) is 0 Å². The van der Waals surface area contributed by atoms with Gasteiger partial charge in [-0.15, -0.1) is 0 Å². The van der Waals surface area contributed by atoms with Gasteiger partial charge in [-0.25, -0.2) is 0 Å². The van der Waals surface area contributed by atoms with Gasteiger partial charge in [-0.3, -0.25) is 0 Å². The van der Waals surface area contributed by atoms with Crippen molar-refractivity contribution < 1.29 is 0 Å². The molecule has 3 aliphatic rings. The fraction of sp³-hybridized carbons (Fsp3) is 0.182. The third kappa shape index (κ3) is 1.15. The molecule has 0 amide bonds. The SMILES string of the molecule is NC12c3ccccc3C3(N)c4ccccc4C(N)(c4ccccc41)C23. The van der Waals surface area contributed by atoms with Crippen molar-refractivity contribution in [3.63, 3.8) is 0 Å². The minimum absolute atomic E-state index is 0.125. The maximum Gasteiger partial charge on any atom is 0.0750 e. The first kappa shape index (κ1) is 13.8. The van der Waals surface area contributed by atoms with Crippen molar-refractivity contribution in [2.45, 2.75) is 16.6 Å². The zero-order chi connectivity index (χ0) is 17.0. The molecule has 0 aliphatic heterocycles. The van der Waals surface area contributed by atoms with Crippen molar-refractivity contribution in [2.75, 3.05) is 0 Å². The summed E-state index contributed by atoms with van der Waals surface area (Å²) in [6, 6.07) is 25.0. The van der Waals surface area contributed by atoms with E-state index in [2.05, 4.69) is 36.4 Å². The van der Waals surface area contributed by atoms with Crippen LogP contribution < -0.4 is 17.2 Å². The molecule has 0 unspecified atom stereocenters. The van der Waals surface area contributed by atoms with E-state index in [1.165, 1.54) is 0 Å². The van der Waals surface area contributed by atoms with Gasteiger partial charge in [0.2, 0.25) is 0 Å². The molecule has 0 saturated carbocycles. The maximum atomic E-state index is 7.20. The van der Waals surface area contributed by atoms with Crippen molar-refractivity contribution in [2.24, 2.45) is 23.1 Å². The molecule has 25 heavy (non-hydrogen) atoms. The third-order valence-corrected chi connectivity index (χ3v) is 6.82. The Morgan fingerprint density at radius 3 is 0.840 bits per heavy atom. The van der Waals surface area contributed by atoms with Gasteiger partial charge in [0.05, 0.1) is 16.6 Å². The fourth-order valence-electron chi connectivity index (χ4n) is 6.06. The average Bonchev–Trinajstić information content (AvgIpc) is 3.11. The quantitative estimate of drug-likeness (QED) is 0.593. The zero-order valence-electron chi connectivity index (χ0n) is 13.7. The predicted molar refractivity (Wildman–Crippen MR) is 97.7 cm³/mol. The third-order valence-electron chi connectivity index (χ3n) is 6.82. The molecule has 0 radical (unpaired) electrons. The monoisotopic (exact) mass is 325 g/mol. The number of hydrogen-bond donors (Lipinski definition) is 3. The van der Waals surface area contributed by atoms with Crippen LogP contribution in [0.25, 0.3) is 0 Å². The molecule has 0 fully saturated rings. The molecule has 6 N–H and O–H groups in total. The topological polar surface area (TPSA) is 78.1 Å². The summed E-state index contributed by atoms with van der Waals surface area (Å²) in [6.45, 7) is 0. The van der Waals surface area contributed by atoms with Gasteiger partial charge in [0.1, 0.15) is 0 Å². The average molecular weight is 325 g/mol. The van der Waals surface area contributed by atoms with E-state index in [-0.39, 0.29) is 5.92 Å². The summed E-state index contributed by atoms with van der Waals surface area (Å²) in [5.74, 6) is -0.125. The summed E-state index contributed by atoms with van der Waals surface area (Å²) in [6.07, 6.45) is 0. The highest BCUT2D eigenvalue weighted by molar-refractivity contribution is 5.72. The van der Waals surface area contributed by atoms with Crippen LogP contribution in [0.5, 0.6) is 0 Å². The van der Waals surface area contributed by atoms with Gasteiger partial charge in [0, 0.05) is 5.92 Å². The number of nitrogens with two attached hydrogens (primary N) is 3. The van der Waals surface area contributed by atoms with Crippen molar-refractivity contribution in [1.82, 2.24) is 0 Å². The molecule has 0 spiro atoms. The van der Waals surface area contributed by atoms with Crippen molar-refractivity contribution in [3.8, 4) is 0 Å². The second-order valence-electron chi connectivity index (χ2n) is 7.68. The van der Waals surface area contributed by atoms with Gasteiger partial charge in [0.15, 0.2) is 0 Å². The first-order valence-corrected chi connectivity index (χ1v) is 8.71. The minimum Gasteiger partial charge on any atom is -0.317 e. The van der Waals surface area contributed by atoms with E-state index in [1.54, 1.807) is 0 Å². The van der Waals surface area contributed by atoms with Gasteiger partial charge in [-0.05, 0) is 33.4 Å². The Morgan fingerprint density at radius 2 is 0.640 bits per heavy atom. The van der Waals surface area contributed by atoms with E-state index in [0.717, 1.165) is 33.4 Å². The molecule has 6 rings (SSSR count). The minimum atomic E-state index is -0.671. The van der Waals surface area contributed by atoms with E-state index >= 15 is 0 Å². The molecule has 0 saturated heterocycles. The Bertz CT molecular complexity index is 862. The van der Waals surface area contributed by atoms with Crippen molar-refractivity contribution >= 4 is 0 Å². The molecule has 3 heteroatoms. The molecule has 0 atom stereocenters. The molecule has 3 nitrogen and oxygen atoms in total. The molecule has 122 valence electrons. The summed E-state index contributed by atoms with van der Waals surface area (Å²) < 4.78 is 0. The number of benzene rings is 3. The van der Waals surface area contributed by atoms with E-state index in [1.807, 2.05) is 36.4 Å². The van der Waals surface area contributed by atoms with Gasteiger partial charge >= 0.3 is 0 Å². The first-order valence-electron chi connectivity index (χ1n) is 8.71. The van der Waals surface area contributed by atoms with Crippen LogP contribution in [0.15, 0.2) is 72.8 Å². The number of rotatable bonds is 0. The highest BCUT2D eigenvalue weighted by Gasteiger charge is 2.74. The van der Waals surface area contributed by atoms with Crippen LogP contribution in [0.2, 0.25) is 0 Å². The first-order chi connectivity index (χ1) is 12.0. The summed E-state index contributed by atoms with van der Waals surface area (Å²) in [7, 11) is 0. The fourth-order valence-corrected chi connectivity index (χ4v) is 6.06. The van der Waals surface area contributed by atoms with E-state index in [9.17, 15) is 0 Å². The van der Waals surface area contributed by atoms with E-state index < -0.39 is 16.6 Å². The summed E-state index contributed by atoms with van der Waals surface area (Å²) in [4.78, 5) is 0. The second-order valence-corrected chi connectivity index (χ2v) is 7.68. The number of hydrogen-bond acceptors (Lipinski definition) is 3. The lowest BCUT2D eigenvalue weighted by molar-refractivity contribution is 0.219. The van der Waals surface area contributed by atoms with Crippen molar-refractivity contribution in [1.29, 1.82) is 0 Å². The lowest BCUT2D eigenvalue weighted by atomic mass is 9.74. The van der Waals surface area contributed by atoms with Crippen LogP contribution in [-0.2, 0) is 16.6 Å². The van der Waals surface area contributed by atoms with Gasteiger partial charge < -0.3 is 17.2 Å². The summed E-state index contributed by atoms with van der Waals surface area (Å²) in [5.41, 5.74) is 26.2. The van der Waals surface area contributed by atoms with Gasteiger partial charge in [0.25, 0.3) is 0 Å². The zero-order valence-corrected chi connectivity index (χ0v) is 13.7. The highest BCUT2D eigenvalue weighted by atomic mass is 15.0. The van der Waals surface area contributed by atoms with Gasteiger partial charge in [-0.2, -0.15) is 0 Å². The molecule has 0 bridgehead atoms. The van der Waals surface area contributed by atoms with Crippen LogP contribution in [0.3, 0.4) is 0 Å². The van der Waals surface area contributed by atoms with Crippen molar-refractivity contribution in [3.05, 3.63) is 106 Å². The highest BCUT2D eigenvalue weighted by Crippen LogP contribution is 2.70. The lowest BCUT2D eigenvalue weighted by Crippen LogP contribution is -2.55. The maximum absolute atomic E-state index is 7.20. The van der Waals surface area contributed by atoms with Crippen LogP contribution in [0, 0.1) is 5.92 Å². The standard InChI is InChI=1S/C22H19N3/c23-20-13-7-1-2-8-14(13)21(24)17-11-5-6-12-18(17)22(25,19(20)21)16-10-4-3-9-15(16)20/h1-12,19H,23-25H2. The Labute approximate surface area is 146 Å². The molecule has 3 aliphatic carbocycles. The predicted octanol–water partition coefficient (Wildman–Crippen LogP) is 2.25. The number of fused-ring (bicyclic) bond motifs is 9. The Balaban J connectivity index is 1.88. The Morgan fingerprint density at radius 1 is 0.440 bits per heavy atom. The summed E-state index contributed by atoms with van der Waals surface area (Å²) in [5, 5.41) is 0. The normalized spacial score (nSPS) is 35.9. The van der Waals surface area contributed by atoms with Crippen LogP contribution in [-0.4, -0.2) is 0 Å².